The maximum absolute atomic E-state index is 13.1. The predicted molar refractivity (Wildman–Crippen MR) is 105 cm³/mol. The fourth-order valence-corrected chi connectivity index (χ4v) is 3.10. The molecule has 0 radical (unpaired) electrons. The van der Waals surface area contributed by atoms with Gasteiger partial charge in [-0.1, -0.05) is 30.3 Å². The first-order valence-corrected chi connectivity index (χ1v) is 8.78. The van der Waals surface area contributed by atoms with Gasteiger partial charge >= 0.3 is 0 Å². The van der Waals surface area contributed by atoms with Crippen LogP contribution in [0.15, 0.2) is 79.0 Å². The van der Waals surface area contributed by atoms with E-state index in [1.54, 1.807) is 34.0 Å². The molecule has 0 spiro atoms. The molecular formula is C22H18FN3O. The molecule has 0 aliphatic rings. The van der Waals surface area contributed by atoms with Crippen molar-refractivity contribution in [2.24, 2.45) is 0 Å². The van der Waals surface area contributed by atoms with Crippen LogP contribution in [0.5, 0.6) is 0 Å². The third-order valence-corrected chi connectivity index (χ3v) is 4.51. The smallest absolute Gasteiger partial charge is 0.278 e. The summed E-state index contributed by atoms with van der Waals surface area (Å²) in [7, 11) is 0. The minimum atomic E-state index is -0.310. The molecule has 0 bridgehead atoms. The van der Waals surface area contributed by atoms with E-state index in [9.17, 15) is 9.18 Å². The van der Waals surface area contributed by atoms with Crippen LogP contribution in [0.4, 0.5) is 10.1 Å². The van der Waals surface area contributed by atoms with Crippen LogP contribution in [-0.4, -0.2) is 22.2 Å². The average molecular weight is 359 g/mol. The van der Waals surface area contributed by atoms with Gasteiger partial charge in [0.25, 0.3) is 5.91 Å². The lowest BCUT2D eigenvalue weighted by Crippen LogP contribution is -2.31. The van der Waals surface area contributed by atoms with Crippen LogP contribution < -0.4 is 4.90 Å². The van der Waals surface area contributed by atoms with Gasteiger partial charge in [0.15, 0.2) is 5.69 Å². The van der Waals surface area contributed by atoms with Crippen molar-refractivity contribution in [3.63, 3.8) is 0 Å². The number of hydrogen-bond acceptors (Lipinski definition) is 2. The summed E-state index contributed by atoms with van der Waals surface area (Å²) in [4.78, 5) is 14.7. The Bertz CT molecular complexity index is 1100. The molecule has 0 aliphatic carbocycles. The van der Waals surface area contributed by atoms with E-state index in [0.29, 0.717) is 17.9 Å². The number of anilines is 1. The standard InChI is InChI=1S/C22H18FN3O/c1-2-25(20-10-7-16-5-3-4-6-17(16)15-20)22(27)21-13-14-26(24-21)19-11-8-18(23)9-12-19/h3-15H,2H2,1H3. The van der Waals surface area contributed by atoms with Crippen LogP contribution in [0, 0.1) is 5.82 Å². The lowest BCUT2D eigenvalue weighted by Gasteiger charge is -2.20. The van der Waals surface area contributed by atoms with Gasteiger partial charge in [-0.25, -0.2) is 9.07 Å². The molecular weight excluding hydrogens is 341 g/mol. The molecule has 1 amide bonds. The zero-order valence-electron chi connectivity index (χ0n) is 14.8. The number of carbonyl (C=O) groups is 1. The van der Waals surface area contributed by atoms with Crippen molar-refractivity contribution in [2.45, 2.75) is 6.92 Å². The highest BCUT2D eigenvalue weighted by Crippen LogP contribution is 2.23. The predicted octanol–water partition coefficient (Wildman–Crippen LogP) is 4.83. The number of halogens is 1. The van der Waals surface area contributed by atoms with E-state index >= 15 is 0 Å². The number of benzene rings is 3. The van der Waals surface area contributed by atoms with Gasteiger partial charge in [-0.05, 0) is 60.2 Å². The molecule has 0 aliphatic heterocycles. The molecule has 0 fully saturated rings. The summed E-state index contributed by atoms with van der Waals surface area (Å²) >= 11 is 0. The van der Waals surface area contributed by atoms with Gasteiger partial charge in [0.05, 0.1) is 5.69 Å². The average Bonchev–Trinajstić information content (AvgIpc) is 3.19. The quantitative estimate of drug-likeness (QED) is 0.523. The number of amides is 1. The second-order valence-corrected chi connectivity index (χ2v) is 6.20. The van der Waals surface area contributed by atoms with Crippen molar-refractivity contribution < 1.29 is 9.18 Å². The van der Waals surface area contributed by atoms with Gasteiger partial charge in [0, 0.05) is 18.4 Å². The molecule has 0 unspecified atom stereocenters. The monoisotopic (exact) mass is 359 g/mol. The first-order valence-electron chi connectivity index (χ1n) is 8.78. The van der Waals surface area contributed by atoms with Crippen LogP contribution in [0.25, 0.3) is 16.5 Å². The van der Waals surface area contributed by atoms with Crippen molar-refractivity contribution >= 4 is 22.4 Å². The molecule has 4 nitrogen and oxygen atoms in total. The molecule has 1 heterocycles. The Morgan fingerprint density at radius 2 is 1.74 bits per heavy atom. The second kappa shape index (κ2) is 7.03. The molecule has 3 aromatic carbocycles. The first kappa shape index (κ1) is 17.0. The molecule has 4 rings (SSSR count). The van der Waals surface area contributed by atoms with Gasteiger partial charge in [0.1, 0.15) is 5.82 Å². The number of carbonyl (C=O) groups excluding carboxylic acids is 1. The summed E-state index contributed by atoms with van der Waals surface area (Å²) in [6, 6.07) is 21.7. The van der Waals surface area contributed by atoms with E-state index in [-0.39, 0.29) is 11.7 Å². The molecule has 1 aromatic heterocycles. The van der Waals surface area contributed by atoms with Crippen LogP contribution in [0.3, 0.4) is 0 Å². The van der Waals surface area contributed by atoms with Crippen molar-refractivity contribution in [3.8, 4) is 5.69 Å². The Hall–Kier alpha value is -3.47. The van der Waals surface area contributed by atoms with Crippen molar-refractivity contribution in [2.75, 3.05) is 11.4 Å². The van der Waals surface area contributed by atoms with E-state index < -0.39 is 0 Å². The van der Waals surface area contributed by atoms with E-state index in [1.807, 2.05) is 49.4 Å². The number of hydrogen-bond donors (Lipinski definition) is 0. The molecule has 0 atom stereocenters. The van der Waals surface area contributed by atoms with Gasteiger partial charge in [-0.2, -0.15) is 5.10 Å². The largest absolute Gasteiger partial charge is 0.307 e. The fourth-order valence-electron chi connectivity index (χ4n) is 3.10. The van der Waals surface area contributed by atoms with Gasteiger partial charge in [-0.15, -0.1) is 0 Å². The van der Waals surface area contributed by atoms with E-state index in [1.165, 1.54) is 12.1 Å². The van der Waals surface area contributed by atoms with Gasteiger partial charge in [-0.3, -0.25) is 4.79 Å². The third kappa shape index (κ3) is 3.31. The third-order valence-electron chi connectivity index (χ3n) is 4.51. The van der Waals surface area contributed by atoms with E-state index in [2.05, 4.69) is 5.10 Å². The van der Waals surface area contributed by atoms with E-state index in [4.69, 9.17) is 0 Å². The summed E-state index contributed by atoms with van der Waals surface area (Å²) in [5.41, 5.74) is 1.87. The summed E-state index contributed by atoms with van der Waals surface area (Å²) in [6.07, 6.45) is 1.70. The minimum Gasteiger partial charge on any atom is -0.307 e. The number of aromatic nitrogens is 2. The lowest BCUT2D eigenvalue weighted by molar-refractivity contribution is 0.0983. The Morgan fingerprint density at radius 3 is 2.48 bits per heavy atom. The molecule has 134 valence electrons. The highest BCUT2D eigenvalue weighted by molar-refractivity contribution is 6.05. The van der Waals surface area contributed by atoms with Crippen molar-refractivity contribution in [1.29, 1.82) is 0 Å². The van der Waals surface area contributed by atoms with Crippen LogP contribution in [-0.2, 0) is 0 Å². The molecule has 4 aromatic rings. The van der Waals surface area contributed by atoms with Crippen LogP contribution in [0.1, 0.15) is 17.4 Å². The number of rotatable bonds is 4. The highest BCUT2D eigenvalue weighted by atomic mass is 19.1. The lowest BCUT2D eigenvalue weighted by atomic mass is 10.1. The molecule has 0 saturated heterocycles. The summed E-state index contributed by atoms with van der Waals surface area (Å²) in [5.74, 6) is -0.482. The van der Waals surface area contributed by atoms with Crippen molar-refractivity contribution in [1.82, 2.24) is 9.78 Å². The van der Waals surface area contributed by atoms with Gasteiger partial charge in [0.2, 0.25) is 0 Å². The highest BCUT2D eigenvalue weighted by Gasteiger charge is 2.19. The van der Waals surface area contributed by atoms with Crippen LogP contribution >= 0.6 is 0 Å². The zero-order chi connectivity index (χ0) is 18.8. The normalized spacial score (nSPS) is 10.9. The molecule has 5 heteroatoms. The SMILES string of the molecule is CCN(C(=O)c1ccn(-c2ccc(F)cc2)n1)c1ccc2ccccc2c1. The Kier molecular flexibility index (Phi) is 4.42. The topological polar surface area (TPSA) is 38.1 Å². The molecule has 0 saturated carbocycles. The maximum Gasteiger partial charge on any atom is 0.278 e. The van der Waals surface area contributed by atoms with E-state index in [0.717, 1.165) is 16.5 Å². The maximum atomic E-state index is 13.1. The number of fused-ring (bicyclic) bond motifs is 1. The Morgan fingerprint density at radius 1 is 1.00 bits per heavy atom. The fraction of sp³-hybridized carbons (Fsp3) is 0.0909. The first-order chi connectivity index (χ1) is 13.2. The van der Waals surface area contributed by atoms with Gasteiger partial charge < -0.3 is 4.90 Å². The minimum absolute atomic E-state index is 0.173. The summed E-state index contributed by atoms with van der Waals surface area (Å²) in [5, 5.41) is 6.58. The van der Waals surface area contributed by atoms with Crippen LogP contribution in [0.2, 0.25) is 0 Å². The Labute approximate surface area is 156 Å². The Balaban J connectivity index is 1.64. The molecule has 0 N–H and O–H groups in total. The second-order valence-electron chi connectivity index (χ2n) is 6.20. The zero-order valence-corrected chi connectivity index (χ0v) is 14.8. The van der Waals surface area contributed by atoms with Crippen molar-refractivity contribution in [3.05, 3.63) is 90.5 Å². The molecule has 27 heavy (non-hydrogen) atoms. The summed E-state index contributed by atoms with van der Waals surface area (Å²) < 4.78 is 14.7. The summed E-state index contributed by atoms with van der Waals surface area (Å²) in [6.45, 7) is 2.46. The number of nitrogens with zero attached hydrogens (tertiary/aromatic N) is 3.